The molecule has 0 amide bonds. The lowest BCUT2D eigenvalue weighted by atomic mass is 10.1. The molecule has 2 aromatic carbocycles. The number of nitrogens with zero attached hydrogens (tertiary/aromatic N) is 2. The maximum Gasteiger partial charge on any atom is 0.145 e. The van der Waals surface area contributed by atoms with Crippen LogP contribution in [0.15, 0.2) is 79.0 Å². The molecule has 0 aliphatic heterocycles. The van der Waals surface area contributed by atoms with E-state index in [4.69, 9.17) is 9.72 Å². The van der Waals surface area contributed by atoms with Crippen molar-refractivity contribution in [3.8, 4) is 28.4 Å². The van der Waals surface area contributed by atoms with Crippen molar-refractivity contribution in [2.24, 2.45) is 0 Å². The number of fused-ring (bicyclic) bond motifs is 1. The van der Waals surface area contributed by atoms with Gasteiger partial charge in [-0.15, -0.1) is 0 Å². The number of benzene rings is 2. The lowest BCUT2D eigenvalue weighted by Crippen LogP contribution is -1.87. The van der Waals surface area contributed by atoms with E-state index in [0.29, 0.717) is 0 Å². The van der Waals surface area contributed by atoms with Crippen molar-refractivity contribution in [3.63, 3.8) is 0 Å². The van der Waals surface area contributed by atoms with E-state index in [1.807, 2.05) is 54.6 Å². The van der Waals surface area contributed by atoms with Crippen molar-refractivity contribution < 1.29 is 4.74 Å². The molecule has 0 radical (unpaired) electrons. The summed E-state index contributed by atoms with van der Waals surface area (Å²) in [4.78, 5) is 4.91. The fourth-order valence-corrected chi connectivity index (χ4v) is 2.79. The number of ether oxygens (including phenoxy) is 1. The molecule has 0 aliphatic carbocycles. The van der Waals surface area contributed by atoms with E-state index >= 15 is 0 Å². The summed E-state index contributed by atoms with van der Waals surface area (Å²) in [5, 5.41) is 0. The van der Waals surface area contributed by atoms with Gasteiger partial charge in [0.15, 0.2) is 0 Å². The van der Waals surface area contributed by atoms with Gasteiger partial charge in [0.25, 0.3) is 0 Å². The Morgan fingerprint density at radius 1 is 0.783 bits per heavy atom. The maximum atomic E-state index is 5.24. The summed E-state index contributed by atoms with van der Waals surface area (Å²) in [6, 6.07) is 24.4. The Balaban J connectivity index is 1.93. The van der Waals surface area contributed by atoms with E-state index in [1.54, 1.807) is 7.11 Å². The van der Waals surface area contributed by atoms with Crippen molar-refractivity contribution >= 4 is 5.52 Å². The Kier molecular flexibility index (Phi) is 3.31. The van der Waals surface area contributed by atoms with Gasteiger partial charge in [-0.2, -0.15) is 0 Å². The molecule has 3 nitrogen and oxygen atoms in total. The van der Waals surface area contributed by atoms with Crippen molar-refractivity contribution in [2.75, 3.05) is 7.11 Å². The average Bonchev–Trinajstić information content (AvgIpc) is 3.02. The van der Waals surface area contributed by atoms with Crippen LogP contribution in [0.4, 0.5) is 0 Å². The standard InChI is InChI=1S/C20H16N2O/c1-23-17-12-10-15(11-13-17)19-18-9-5-6-14-22(18)20(21-19)16-7-3-2-4-8-16/h2-14H,1H3. The van der Waals surface area contributed by atoms with E-state index in [1.165, 1.54) is 0 Å². The third kappa shape index (κ3) is 2.36. The summed E-state index contributed by atoms with van der Waals surface area (Å²) < 4.78 is 7.38. The molecule has 0 saturated heterocycles. The van der Waals surface area contributed by atoms with Gasteiger partial charge in [-0.25, -0.2) is 4.98 Å². The molecule has 0 spiro atoms. The molecule has 0 saturated carbocycles. The highest BCUT2D eigenvalue weighted by molar-refractivity contribution is 5.81. The Hall–Kier alpha value is -3.07. The van der Waals surface area contributed by atoms with Gasteiger partial charge in [-0.3, -0.25) is 4.40 Å². The summed E-state index contributed by atoms with van der Waals surface area (Å²) in [6.07, 6.45) is 2.05. The smallest absolute Gasteiger partial charge is 0.145 e. The number of hydrogen-bond acceptors (Lipinski definition) is 2. The predicted molar refractivity (Wildman–Crippen MR) is 92.6 cm³/mol. The molecule has 23 heavy (non-hydrogen) atoms. The SMILES string of the molecule is COc1ccc(-c2nc(-c3ccccc3)n3ccccc23)cc1. The minimum Gasteiger partial charge on any atom is -0.497 e. The first kappa shape index (κ1) is 13.6. The monoisotopic (exact) mass is 300 g/mol. The van der Waals surface area contributed by atoms with Gasteiger partial charge in [0.05, 0.1) is 18.3 Å². The normalized spacial score (nSPS) is 10.8. The molecule has 0 bridgehead atoms. The Bertz CT molecular complexity index is 940. The molecule has 0 fully saturated rings. The molecular weight excluding hydrogens is 284 g/mol. The quantitative estimate of drug-likeness (QED) is 0.549. The summed E-state index contributed by atoms with van der Waals surface area (Å²) in [7, 11) is 1.68. The Morgan fingerprint density at radius 3 is 2.26 bits per heavy atom. The van der Waals surface area contributed by atoms with Crippen LogP contribution in [-0.2, 0) is 0 Å². The van der Waals surface area contributed by atoms with Crippen LogP contribution in [0.5, 0.6) is 5.75 Å². The van der Waals surface area contributed by atoms with E-state index in [-0.39, 0.29) is 0 Å². The number of rotatable bonds is 3. The van der Waals surface area contributed by atoms with Crippen molar-refractivity contribution in [1.82, 2.24) is 9.38 Å². The van der Waals surface area contributed by atoms with E-state index in [9.17, 15) is 0 Å². The summed E-state index contributed by atoms with van der Waals surface area (Å²) >= 11 is 0. The van der Waals surface area contributed by atoms with Crippen LogP contribution in [0.1, 0.15) is 0 Å². The van der Waals surface area contributed by atoms with E-state index < -0.39 is 0 Å². The molecule has 2 heterocycles. The van der Waals surface area contributed by atoms with E-state index in [2.05, 4.69) is 28.8 Å². The molecule has 4 aromatic rings. The minimum atomic E-state index is 0.848. The van der Waals surface area contributed by atoms with Crippen molar-refractivity contribution in [1.29, 1.82) is 0 Å². The molecular formula is C20H16N2O. The fraction of sp³-hybridized carbons (Fsp3) is 0.0500. The first-order valence-corrected chi connectivity index (χ1v) is 7.54. The second kappa shape index (κ2) is 5.61. The zero-order valence-corrected chi connectivity index (χ0v) is 12.8. The molecule has 0 aliphatic rings. The van der Waals surface area contributed by atoms with E-state index in [0.717, 1.165) is 33.9 Å². The largest absolute Gasteiger partial charge is 0.497 e. The molecule has 112 valence electrons. The number of hydrogen-bond donors (Lipinski definition) is 0. The van der Waals surface area contributed by atoms with Crippen LogP contribution in [-0.4, -0.2) is 16.5 Å². The predicted octanol–water partition coefficient (Wildman–Crippen LogP) is 4.68. The average molecular weight is 300 g/mol. The van der Waals surface area contributed by atoms with Crippen LogP contribution in [0, 0.1) is 0 Å². The summed E-state index contributed by atoms with van der Waals surface area (Å²) in [5.41, 5.74) is 4.26. The maximum absolute atomic E-state index is 5.24. The lowest BCUT2D eigenvalue weighted by molar-refractivity contribution is 0.415. The number of imidazole rings is 1. The van der Waals surface area contributed by atoms with Gasteiger partial charge < -0.3 is 4.74 Å². The van der Waals surface area contributed by atoms with Crippen molar-refractivity contribution in [2.45, 2.75) is 0 Å². The van der Waals surface area contributed by atoms with Crippen LogP contribution >= 0.6 is 0 Å². The molecule has 0 unspecified atom stereocenters. The molecule has 3 heteroatoms. The lowest BCUT2D eigenvalue weighted by Gasteiger charge is -2.01. The number of methoxy groups -OCH3 is 1. The van der Waals surface area contributed by atoms with Gasteiger partial charge in [0.2, 0.25) is 0 Å². The first-order chi connectivity index (χ1) is 11.4. The Labute approximate surface area is 134 Å². The third-order valence-corrected chi connectivity index (χ3v) is 3.94. The summed E-state index contributed by atoms with van der Waals surface area (Å²) in [6.45, 7) is 0. The fourth-order valence-electron chi connectivity index (χ4n) is 2.79. The van der Waals surface area contributed by atoms with Gasteiger partial charge >= 0.3 is 0 Å². The highest BCUT2D eigenvalue weighted by Crippen LogP contribution is 2.30. The zero-order chi connectivity index (χ0) is 15.6. The molecule has 0 atom stereocenters. The van der Waals surface area contributed by atoms with Crippen LogP contribution in [0.3, 0.4) is 0 Å². The third-order valence-electron chi connectivity index (χ3n) is 3.94. The number of pyridine rings is 1. The first-order valence-electron chi connectivity index (χ1n) is 7.54. The molecule has 0 N–H and O–H groups in total. The minimum absolute atomic E-state index is 0.848. The Morgan fingerprint density at radius 2 is 1.52 bits per heavy atom. The summed E-state index contributed by atoms with van der Waals surface area (Å²) in [5.74, 6) is 1.80. The topological polar surface area (TPSA) is 26.5 Å². The van der Waals surface area contributed by atoms with Gasteiger partial charge in [0, 0.05) is 17.3 Å². The molecule has 2 aromatic heterocycles. The highest BCUT2D eigenvalue weighted by Gasteiger charge is 2.13. The zero-order valence-electron chi connectivity index (χ0n) is 12.8. The number of aromatic nitrogens is 2. The molecule has 4 rings (SSSR count). The van der Waals surface area contributed by atoms with Crippen molar-refractivity contribution in [3.05, 3.63) is 79.0 Å². The second-order valence-corrected chi connectivity index (χ2v) is 5.33. The van der Waals surface area contributed by atoms with Crippen LogP contribution < -0.4 is 4.74 Å². The second-order valence-electron chi connectivity index (χ2n) is 5.33. The van der Waals surface area contributed by atoms with Gasteiger partial charge in [-0.1, -0.05) is 36.4 Å². The van der Waals surface area contributed by atoms with Gasteiger partial charge in [-0.05, 0) is 36.4 Å². The van der Waals surface area contributed by atoms with Crippen LogP contribution in [0.2, 0.25) is 0 Å². The van der Waals surface area contributed by atoms with Gasteiger partial charge in [0.1, 0.15) is 11.6 Å². The van der Waals surface area contributed by atoms with Crippen LogP contribution in [0.25, 0.3) is 28.2 Å². The highest BCUT2D eigenvalue weighted by atomic mass is 16.5.